The summed E-state index contributed by atoms with van der Waals surface area (Å²) in [4.78, 5) is 14.5. The zero-order valence-corrected chi connectivity index (χ0v) is 12.4. The molecule has 1 amide bonds. The minimum atomic E-state index is 0.359. The molecule has 2 aliphatic carbocycles. The van der Waals surface area contributed by atoms with E-state index in [9.17, 15) is 4.79 Å². The standard InChI is InChI=1S/C16H30N2O/c1-18(15-10-6-9-14(15)12-17)16(19)11-13-7-4-2-3-5-8-13/h13-15H,2-12,17H2,1H3. The van der Waals surface area contributed by atoms with Gasteiger partial charge in [0, 0.05) is 19.5 Å². The topological polar surface area (TPSA) is 46.3 Å². The number of carbonyl (C=O) groups is 1. The van der Waals surface area contributed by atoms with Crippen LogP contribution in [0.15, 0.2) is 0 Å². The molecule has 0 heterocycles. The summed E-state index contributed by atoms with van der Waals surface area (Å²) in [7, 11) is 2.00. The summed E-state index contributed by atoms with van der Waals surface area (Å²) in [5.74, 6) is 1.52. The van der Waals surface area contributed by atoms with E-state index in [1.54, 1.807) is 0 Å². The van der Waals surface area contributed by atoms with Crippen LogP contribution in [0.4, 0.5) is 0 Å². The molecular weight excluding hydrogens is 236 g/mol. The van der Waals surface area contributed by atoms with E-state index in [1.807, 2.05) is 11.9 Å². The van der Waals surface area contributed by atoms with Gasteiger partial charge in [-0.2, -0.15) is 0 Å². The van der Waals surface area contributed by atoms with Crippen molar-refractivity contribution in [3.05, 3.63) is 0 Å². The average Bonchev–Trinajstić information content (AvgIpc) is 2.75. The van der Waals surface area contributed by atoms with E-state index < -0.39 is 0 Å². The van der Waals surface area contributed by atoms with Crippen LogP contribution in [-0.4, -0.2) is 30.4 Å². The second-order valence-electron chi connectivity index (χ2n) is 6.56. The zero-order chi connectivity index (χ0) is 13.7. The van der Waals surface area contributed by atoms with E-state index in [-0.39, 0.29) is 0 Å². The Morgan fingerprint density at radius 1 is 1.05 bits per heavy atom. The second-order valence-corrected chi connectivity index (χ2v) is 6.56. The molecule has 2 saturated carbocycles. The molecule has 2 unspecified atom stereocenters. The molecule has 3 heteroatoms. The minimum Gasteiger partial charge on any atom is -0.342 e. The summed E-state index contributed by atoms with van der Waals surface area (Å²) in [6.45, 7) is 0.728. The van der Waals surface area contributed by atoms with Gasteiger partial charge in [-0.05, 0) is 44.1 Å². The van der Waals surface area contributed by atoms with Crippen LogP contribution >= 0.6 is 0 Å². The third-order valence-corrected chi connectivity index (χ3v) is 5.25. The molecule has 0 radical (unpaired) electrons. The van der Waals surface area contributed by atoms with Crippen LogP contribution in [0.3, 0.4) is 0 Å². The van der Waals surface area contributed by atoms with Crippen molar-refractivity contribution >= 4 is 5.91 Å². The fraction of sp³-hybridized carbons (Fsp3) is 0.938. The molecule has 2 rings (SSSR count). The van der Waals surface area contributed by atoms with Crippen molar-refractivity contribution in [1.29, 1.82) is 0 Å². The Morgan fingerprint density at radius 3 is 2.37 bits per heavy atom. The van der Waals surface area contributed by atoms with E-state index in [1.165, 1.54) is 51.4 Å². The quantitative estimate of drug-likeness (QED) is 0.795. The van der Waals surface area contributed by atoms with Crippen LogP contribution < -0.4 is 5.73 Å². The lowest BCUT2D eigenvalue weighted by molar-refractivity contribution is -0.133. The molecule has 2 atom stereocenters. The molecule has 19 heavy (non-hydrogen) atoms. The number of nitrogens with two attached hydrogens (primary N) is 1. The molecule has 2 N–H and O–H groups in total. The molecule has 0 aromatic heterocycles. The Kier molecular flexibility index (Phi) is 5.68. The SMILES string of the molecule is CN(C(=O)CC1CCCCCC1)C1CCCC1CN. The average molecular weight is 266 g/mol. The van der Waals surface area contributed by atoms with Crippen LogP contribution in [0.1, 0.15) is 64.2 Å². The predicted octanol–water partition coefficient (Wildman–Crippen LogP) is 2.93. The van der Waals surface area contributed by atoms with Gasteiger partial charge in [-0.15, -0.1) is 0 Å². The van der Waals surface area contributed by atoms with Crippen LogP contribution in [0.25, 0.3) is 0 Å². The van der Waals surface area contributed by atoms with Gasteiger partial charge in [0.15, 0.2) is 0 Å². The Labute approximate surface area is 117 Å². The highest BCUT2D eigenvalue weighted by molar-refractivity contribution is 5.76. The molecule has 2 aliphatic rings. The van der Waals surface area contributed by atoms with Crippen molar-refractivity contribution < 1.29 is 4.79 Å². The Balaban J connectivity index is 1.84. The second kappa shape index (κ2) is 7.28. The van der Waals surface area contributed by atoms with Gasteiger partial charge in [0.2, 0.25) is 5.91 Å². The molecule has 2 fully saturated rings. The number of carbonyl (C=O) groups excluding carboxylic acids is 1. The van der Waals surface area contributed by atoms with E-state index in [0.717, 1.165) is 19.4 Å². The zero-order valence-electron chi connectivity index (χ0n) is 12.4. The largest absolute Gasteiger partial charge is 0.342 e. The maximum atomic E-state index is 12.5. The highest BCUT2D eigenvalue weighted by atomic mass is 16.2. The van der Waals surface area contributed by atoms with Crippen LogP contribution in [0.5, 0.6) is 0 Å². The molecule has 0 aromatic carbocycles. The third kappa shape index (κ3) is 3.95. The smallest absolute Gasteiger partial charge is 0.222 e. The lowest BCUT2D eigenvalue weighted by Crippen LogP contribution is -2.42. The Hall–Kier alpha value is -0.570. The van der Waals surface area contributed by atoms with Crippen molar-refractivity contribution in [3.8, 4) is 0 Å². The van der Waals surface area contributed by atoms with E-state index >= 15 is 0 Å². The molecule has 0 aromatic rings. The highest BCUT2D eigenvalue weighted by Gasteiger charge is 2.32. The van der Waals surface area contributed by atoms with Crippen molar-refractivity contribution in [2.75, 3.05) is 13.6 Å². The summed E-state index contributed by atoms with van der Waals surface area (Å²) in [6.07, 6.45) is 12.2. The van der Waals surface area contributed by atoms with Crippen LogP contribution in [-0.2, 0) is 4.79 Å². The lowest BCUT2D eigenvalue weighted by atomic mass is 9.95. The summed E-state index contributed by atoms with van der Waals surface area (Å²) < 4.78 is 0. The monoisotopic (exact) mass is 266 g/mol. The maximum Gasteiger partial charge on any atom is 0.222 e. The Morgan fingerprint density at radius 2 is 1.74 bits per heavy atom. The number of hydrogen-bond acceptors (Lipinski definition) is 2. The predicted molar refractivity (Wildman–Crippen MR) is 78.8 cm³/mol. The normalized spacial score (nSPS) is 29.2. The molecular formula is C16H30N2O. The van der Waals surface area contributed by atoms with Crippen LogP contribution in [0.2, 0.25) is 0 Å². The first-order chi connectivity index (χ1) is 9.22. The first-order valence-corrected chi connectivity index (χ1v) is 8.18. The van der Waals surface area contributed by atoms with Gasteiger partial charge in [0.1, 0.15) is 0 Å². The number of nitrogens with zero attached hydrogens (tertiary/aromatic N) is 1. The van der Waals surface area contributed by atoms with Gasteiger partial charge in [0.25, 0.3) is 0 Å². The molecule has 0 saturated heterocycles. The van der Waals surface area contributed by atoms with Crippen molar-refractivity contribution in [2.45, 2.75) is 70.3 Å². The fourth-order valence-corrected chi connectivity index (χ4v) is 3.95. The van der Waals surface area contributed by atoms with Crippen molar-refractivity contribution in [2.24, 2.45) is 17.6 Å². The molecule has 3 nitrogen and oxygen atoms in total. The van der Waals surface area contributed by atoms with Gasteiger partial charge in [-0.1, -0.05) is 32.1 Å². The number of rotatable bonds is 4. The van der Waals surface area contributed by atoms with E-state index in [0.29, 0.717) is 23.8 Å². The summed E-state index contributed by atoms with van der Waals surface area (Å²) in [6, 6.07) is 0.406. The first kappa shape index (κ1) is 14.8. The molecule has 0 aliphatic heterocycles. The highest BCUT2D eigenvalue weighted by Crippen LogP contribution is 2.31. The lowest BCUT2D eigenvalue weighted by Gasteiger charge is -2.30. The number of amides is 1. The maximum absolute atomic E-state index is 12.5. The summed E-state index contributed by atoms with van der Waals surface area (Å²) in [5.41, 5.74) is 5.83. The van der Waals surface area contributed by atoms with Crippen molar-refractivity contribution in [1.82, 2.24) is 4.90 Å². The van der Waals surface area contributed by atoms with Gasteiger partial charge in [-0.3, -0.25) is 4.79 Å². The van der Waals surface area contributed by atoms with Crippen LogP contribution in [0, 0.1) is 11.8 Å². The first-order valence-electron chi connectivity index (χ1n) is 8.18. The van der Waals surface area contributed by atoms with Gasteiger partial charge in [0.05, 0.1) is 0 Å². The molecule has 110 valence electrons. The van der Waals surface area contributed by atoms with E-state index in [4.69, 9.17) is 5.73 Å². The summed E-state index contributed by atoms with van der Waals surface area (Å²) in [5, 5.41) is 0. The van der Waals surface area contributed by atoms with Gasteiger partial charge in [-0.25, -0.2) is 0 Å². The third-order valence-electron chi connectivity index (χ3n) is 5.25. The van der Waals surface area contributed by atoms with Crippen molar-refractivity contribution in [3.63, 3.8) is 0 Å². The van der Waals surface area contributed by atoms with Gasteiger partial charge >= 0.3 is 0 Å². The molecule has 0 bridgehead atoms. The minimum absolute atomic E-state index is 0.359. The number of hydrogen-bond donors (Lipinski definition) is 1. The molecule has 0 spiro atoms. The van der Waals surface area contributed by atoms with E-state index in [2.05, 4.69) is 0 Å². The Bertz CT molecular complexity index is 284. The summed E-state index contributed by atoms with van der Waals surface area (Å²) >= 11 is 0. The fourth-order valence-electron chi connectivity index (χ4n) is 3.95. The van der Waals surface area contributed by atoms with Gasteiger partial charge < -0.3 is 10.6 Å².